The van der Waals surface area contributed by atoms with Gasteiger partial charge in [0.15, 0.2) is 11.5 Å². The van der Waals surface area contributed by atoms with E-state index in [1.54, 1.807) is 27.1 Å². The molecule has 1 aromatic rings. The van der Waals surface area contributed by atoms with Crippen LogP contribution in [0.4, 0.5) is 4.79 Å². The SMILES string of the molecule is CCC(=O)N(C)SN(C)C(=O)Oc1cccc2c1OC(C)(C)C2. The summed E-state index contributed by atoms with van der Waals surface area (Å²) in [6, 6.07) is 5.51. The van der Waals surface area contributed by atoms with Crippen LogP contribution in [-0.2, 0) is 11.2 Å². The van der Waals surface area contributed by atoms with E-state index in [9.17, 15) is 9.59 Å². The predicted octanol–water partition coefficient (Wildman–Crippen LogP) is 3.26. The van der Waals surface area contributed by atoms with E-state index >= 15 is 0 Å². The molecule has 0 aromatic heterocycles. The summed E-state index contributed by atoms with van der Waals surface area (Å²) < 4.78 is 14.0. The topological polar surface area (TPSA) is 59.1 Å². The first kappa shape index (κ1) is 17.5. The minimum absolute atomic E-state index is 0.0691. The van der Waals surface area contributed by atoms with Gasteiger partial charge in [-0.25, -0.2) is 9.10 Å². The maximum Gasteiger partial charge on any atom is 0.426 e. The van der Waals surface area contributed by atoms with Crippen molar-refractivity contribution in [2.75, 3.05) is 14.1 Å². The number of fused-ring (bicyclic) bond motifs is 1. The number of hydrogen-bond acceptors (Lipinski definition) is 5. The molecular formula is C16H22N2O4S. The highest BCUT2D eigenvalue weighted by atomic mass is 32.2. The Hall–Kier alpha value is -1.89. The number of rotatable bonds is 4. The second-order valence-electron chi connectivity index (χ2n) is 5.97. The van der Waals surface area contributed by atoms with Crippen molar-refractivity contribution in [3.8, 4) is 11.5 Å². The van der Waals surface area contributed by atoms with Crippen molar-refractivity contribution in [1.29, 1.82) is 0 Å². The number of nitrogens with zero attached hydrogens (tertiary/aromatic N) is 2. The summed E-state index contributed by atoms with van der Waals surface area (Å²) in [6.07, 6.45) is 0.584. The normalized spacial score (nSPS) is 14.7. The third kappa shape index (κ3) is 4.10. The highest BCUT2D eigenvalue weighted by molar-refractivity contribution is 7.95. The first-order chi connectivity index (χ1) is 10.7. The zero-order chi connectivity index (χ0) is 17.2. The van der Waals surface area contributed by atoms with Gasteiger partial charge in [-0.2, -0.15) is 0 Å². The molecule has 126 valence electrons. The summed E-state index contributed by atoms with van der Waals surface area (Å²) in [6.45, 7) is 5.75. The zero-order valence-corrected chi connectivity index (χ0v) is 14.9. The largest absolute Gasteiger partial charge is 0.483 e. The number of ether oxygens (including phenoxy) is 2. The number of para-hydroxylation sites is 1. The van der Waals surface area contributed by atoms with Gasteiger partial charge in [-0.05, 0) is 19.9 Å². The van der Waals surface area contributed by atoms with Crippen molar-refractivity contribution in [2.45, 2.75) is 39.2 Å². The summed E-state index contributed by atoms with van der Waals surface area (Å²) in [5, 5.41) is 0. The lowest BCUT2D eigenvalue weighted by Crippen LogP contribution is -2.30. The summed E-state index contributed by atoms with van der Waals surface area (Å²) >= 11 is 0.994. The van der Waals surface area contributed by atoms with Gasteiger partial charge in [0, 0.05) is 32.5 Å². The molecule has 6 nitrogen and oxygen atoms in total. The second-order valence-corrected chi connectivity index (χ2v) is 7.23. The van der Waals surface area contributed by atoms with Gasteiger partial charge < -0.3 is 9.47 Å². The Morgan fingerprint density at radius 3 is 2.65 bits per heavy atom. The van der Waals surface area contributed by atoms with Crippen molar-refractivity contribution < 1.29 is 19.1 Å². The lowest BCUT2D eigenvalue weighted by molar-refractivity contribution is -0.125. The molecule has 0 saturated carbocycles. The van der Waals surface area contributed by atoms with E-state index in [1.165, 1.54) is 8.61 Å². The van der Waals surface area contributed by atoms with Gasteiger partial charge in [0.1, 0.15) is 5.60 Å². The van der Waals surface area contributed by atoms with Crippen LogP contribution in [0.3, 0.4) is 0 Å². The molecule has 0 bridgehead atoms. The molecule has 2 rings (SSSR count). The number of benzene rings is 1. The van der Waals surface area contributed by atoms with Crippen molar-refractivity contribution in [1.82, 2.24) is 8.61 Å². The second kappa shape index (κ2) is 6.70. The monoisotopic (exact) mass is 338 g/mol. The molecule has 0 fully saturated rings. The zero-order valence-electron chi connectivity index (χ0n) is 14.1. The van der Waals surface area contributed by atoms with E-state index < -0.39 is 6.09 Å². The smallest absolute Gasteiger partial charge is 0.426 e. The maximum atomic E-state index is 12.2. The first-order valence-corrected chi connectivity index (χ1v) is 8.17. The minimum atomic E-state index is -0.563. The highest BCUT2D eigenvalue weighted by Crippen LogP contribution is 2.42. The lowest BCUT2D eigenvalue weighted by atomic mass is 10.0. The Kier molecular flexibility index (Phi) is 5.09. The van der Waals surface area contributed by atoms with Crippen LogP contribution < -0.4 is 9.47 Å². The Bertz CT molecular complexity index is 618. The van der Waals surface area contributed by atoms with E-state index in [-0.39, 0.29) is 11.5 Å². The molecule has 0 saturated heterocycles. The first-order valence-electron chi connectivity index (χ1n) is 7.44. The molecule has 23 heavy (non-hydrogen) atoms. The van der Waals surface area contributed by atoms with Gasteiger partial charge in [-0.15, -0.1) is 0 Å². The standard InChI is InChI=1S/C16H22N2O4S/c1-6-13(19)17(4)23-18(5)15(20)21-12-9-7-8-11-10-16(2,3)22-14(11)12/h7-9H,6,10H2,1-5H3. The van der Waals surface area contributed by atoms with Crippen LogP contribution in [0.1, 0.15) is 32.8 Å². The van der Waals surface area contributed by atoms with E-state index in [1.807, 2.05) is 26.0 Å². The highest BCUT2D eigenvalue weighted by Gasteiger charge is 2.33. The van der Waals surface area contributed by atoms with Crippen LogP contribution in [0.5, 0.6) is 11.5 Å². The van der Waals surface area contributed by atoms with Gasteiger partial charge >= 0.3 is 6.09 Å². The molecule has 1 aromatic carbocycles. The molecule has 1 aliphatic heterocycles. The minimum Gasteiger partial charge on any atom is -0.483 e. The molecular weight excluding hydrogens is 316 g/mol. The average Bonchev–Trinajstić information content (AvgIpc) is 2.81. The fourth-order valence-corrected chi connectivity index (χ4v) is 3.00. The van der Waals surface area contributed by atoms with Crippen molar-refractivity contribution in [3.63, 3.8) is 0 Å². The summed E-state index contributed by atoms with van der Waals surface area (Å²) in [4.78, 5) is 23.8. The summed E-state index contributed by atoms with van der Waals surface area (Å²) in [7, 11) is 3.17. The van der Waals surface area contributed by atoms with Crippen molar-refractivity contribution in [2.24, 2.45) is 0 Å². The van der Waals surface area contributed by atoms with Crippen LogP contribution >= 0.6 is 12.1 Å². The molecule has 0 atom stereocenters. The number of amides is 2. The van der Waals surface area contributed by atoms with Gasteiger partial charge in [0.2, 0.25) is 5.91 Å². The molecule has 0 spiro atoms. The third-order valence-electron chi connectivity index (χ3n) is 3.41. The molecule has 7 heteroatoms. The van der Waals surface area contributed by atoms with Crippen LogP contribution in [-0.4, -0.2) is 40.3 Å². The maximum absolute atomic E-state index is 12.2. The Morgan fingerprint density at radius 2 is 2.00 bits per heavy atom. The third-order valence-corrected chi connectivity index (χ3v) is 4.25. The number of carbonyl (C=O) groups is 2. The van der Waals surface area contributed by atoms with Gasteiger partial charge in [-0.1, -0.05) is 19.1 Å². The molecule has 0 radical (unpaired) electrons. The molecule has 0 N–H and O–H groups in total. The fourth-order valence-electron chi connectivity index (χ4n) is 2.31. The number of hydrogen-bond donors (Lipinski definition) is 0. The van der Waals surface area contributed by atoms with Crippen LogP contribution in [0.15, 0.2) is 18.2 Å². The average molecular weight is 338 g/mol. The van der Waals surface area contributed by atoms with Crippen LogP contribution in [0, 0.1) is 0 Å². The van der Waals surface area contributed by atoms with Crippen LogP contribution in [0.2, 0.25) is 0 Å². The molecule has 0 aliphatic carbocycles. The summed E-state index contributed by atoms with van der Waals surface area (Å²) in [5.74, 6) is 0.942. The van der Waals surface area contributed by atoms with Crippen molar-refractivity contribution in [3.05, 3.63) is 23.8 Å². The van der Waals surface area contributed by atoms with Gasteiger partial charge in [0.05, 0.1) is 12.1 Å². The van der Waals surface area contributed by atoms with E-state index in [0.717, 1.165) is 24.1 Å². The quantitative estimate of drug-likeness (QED) is 0.789. The van der Waals surface area contributed by atoms with Gasteiger partial charge in [0.25, 0.3) is 0 Å². The van der Waals surface area contributed by atoms with E-state index in [2.05, 4.69) is 0 Å². The molecule has 2 amide bonds. The Labute approximate surface area is 141 Å². The van der Waals surface area contributed by atoms with E-state index in [4.69, 9.17) is 9.47 Å². The van der Waals surface area contributed by atoms with Crippen LogP contribution in [0.25, 0.3) is 0 Å². The van der Waals surface area contributed by atoms with Gasteiger partial charge in [-0.3, -0.25) is 9.10 Å². The fraction of sp³-hybridized carbons (Fsp3) is 0.500. The molecule has 1 aliphatic rings. The Morgan fingerprint density at radius 1 is 1.30 bits per heavy atom. The Balaban J connectivity index is 2.05. The predicted molar refractivity (Wildman–Crippen MR) is 89.3 cm³/mol. The number of carbonyl (C=O) groups excluding carboxylic acids is 2. The van der Waals surface area contributed by atoms with Crippen molar-refractivity contribution >= 4 is 24.1 Å². The lowest BCUT2D eigenvalue weighted by Gasteiger charge is -2.22. The molecule has 0 unspecified atom stereocenters. The van der Waals surface area contributed by atoms with E-state index in [0.29, 0.717) is 17.9 Å². The molecule has 1 heterocycles. The summed E-state index contributed by atoms with van der Waals surface area (Å²) in [5.41, 5.74) is 0.716.